The summed E-state index contributed by atoms with van der Waals surface area (Å²) in [6, 6.07) is 19.3. The summed E-state index contributed by atoms with van der Waals surface area (Å²) in [4.78, 5) is 58.8. The van der Waals surface area contributed by atoms with Gasteiger partial charge in [-0.2, -0.15) is 0 Å². The highest BCUT2D eigenvalue weighted by molar-refractivity contribution is 8.00. The summed E-state index contributed by atoms with van der Waals surface area (Å²) < 4.78 is 16.6. The van der Waals surface area contributed by atoms with Crippen molar-refractivity contribution < 1.29 is 28.6 Å². The molecule has 10 nitrogen and oxygen atoms in total. The molecule has 13 heteroatoms. The van der Waals surface area contributed by atoms with E-state index >= 15 is 0 Å². The van der Waals surface area contributed by atoms with Crippen LogP contribution in [0.2, 0.25) is 5.02 Å². The Morgan fingerprint density at radius 1 is 0.938 bits per heavy atom. The highest BCUT2D eigenvalue weighted by atomic mass is 35.5. The van der Waals surface area contributed by atoms with Crippen LogP contribution in [0.15, 0.2) is 76.6 Å². The molecule has 3 heterocycles. The van der Waals surface area contributed by atoms with Crippen LogP contribution in [0, 0.1) is 29.6 Å². The third-order valence-corrected chi connectivity index (χ3v) is 12.9. The normalized spacial score (nSPS) is 26.6. The molecule has 3 fully saturated rings. The lowest BCUT2D eigenvalue weighted by Crippen LogP contribution is -2.42. The number of hydrogen-bond donors (Lipinski definition) is 2. The van der Waals surface area contributed by atoms with Crippen molar-refractivity contribution in [2.45, 2.75) is 22.6 Å². The van der Waals surface area contributed by atoms with E-state index in [0.717, 1.165) is 33.2 Å². The topological polar surface area (TPSA) is 127 Å². The molecule has 2 aliphatic carbocycles. The van der Waals surface area contributed by atoms with Crippen molar-refractivity contribution in [2.75, 3.05) is 31.0 Å². The predicted molar refractivity (Wildman–Crippen MR) is 183 cm³/mol. The van der Waals surface area contributed by atoms with Gasteiger partial charge in [-0.15, -0.1) is 11.8 Å². The highest BCUT2D eigenvalue weighted by Gasteiger charge is 2.69. The van der Waals surface area contributed by atoms with E-state index in [4.69, 9.17) is 25.8 Å². The molecule has 0 radical (unpaired) electrons. The number of amides is 3. The average molecular weight is 704 g/mol. The van der Waals surface area contributed by atoms with Gasteiger partial charge in [0.25, 0.3) is 5.91 Å². The van der Waals surface area contributed by atoms with E-state index in [1.54, 1.807) is 86.6 Å². The number of halogens is 1. The van der Waals surface area contributed by atoms with Gasteiger partial charge >= 0.3 is 4.87 Å². The molecule has 4 aliphatic rings. The fraction of sp³-hybridized carbons (Fsp3) is 0.314. The molecule has 7 atom stereocenters. The molecular weight excluding hydrogens is 674 g/mol. The number of fused-ring (bicyclic) bond motifs is 9. The molecule has 2 aliphatic heterocycles. The summed E-state index contributed by atoms with van der Waals surface area (Å²) in [7, 11) is 3.14. The molecule has 1 saturated heterocycles. The van der Waals surface area contributed by atoms with Crippen molar-refractivity contribution in [1.82, 2.24) is 4.98 Å². The van der Waals surface area contributed by atoms with Crippen LogP contribution in [-0.2, 0) is 14.4 Å². The number of carbonyl (C=O) groups excluding carboxylic acids is 3. The number of methoxy groups -OCH3 is 2. The van der Waals surface area contributed by atoms with Gasteiger partial charge in [-0.05, 0) is 90.9 Å². The first-order valence-electron chi connectivity index (χ1n) is 15.5. The number of nitrogens with one attached hydrogen (secondary N) is 2. The molecule has 3 aromatic carbocycles. The first-order chi connectivity index (χ1) is 23.2. The Morgan fingerprint density at radius 2 is 1.60 bits per heavy atom. The maximum Gasteiger partial charge on any atom is 0.305 e. The predicted octanol–water partition coefficient (Wildman–Crippen LogP) is 5.80. The van der Waals surface area contributed by atoms with Gasteiger partial charge in [-0.3, -0.25) is 24.1 Å². The summed E-state index contributed by atoms with van der Waals surface area (Å²) in [5, 5.41) is 4.07. The number of ether oxygens (including phenoxy) is 3. The molecule has 0 spiro atoms. The highest BCUT2D eigenvalue weighted by Crippen LogP contribution is 2.69. The Kier molecular flexibility index (Phi) is 7.77. The average Bonchev–Trinajstić information content (AvgIpc) is 3.83. The number of aromatic amines is 1. The summed E-state index contributed by atoms with van der Waals surface area (Å²) in [6.07, 6.45) is 0.738. The van der Waals surface area contributed by atoms with E-state index in [0.29, 0.717) is 33.6 Å². The van der Waals surface area contributed by atoms with E-state index in [-0.39, 0.29) is 58.1 Å². The van der Waals surface area contributed by atoms with E-state index < -0.39 is 11.8 Å². The monoisotopic (exact) mass is 703 g/mol. The molecule has 3 amide bonds. The van der Waals surface area contributed by atoms with Crippen molar-refractivity contribution in [3.63, 3.8) is 0 Å². The van der Waals surface area contributed by atoms with E-state index in [1.165, 1.54) is 4.90 Å². The van der Waals surface area contributed by atoms with Gasteiger partial charge in [-0.25, -0.2) is 0 Å². The molecule has 2 bridgehead atoms. The van der Waals surface area contributed by atoms with Gasteiger partial charge in [0.2, 0.25) is 11.8 Å². The van der Waals surface area contributed by atoms with Crippen LogP contribution in [0.3, 0.4) is 0 Å². The number of imide groups is 1. The zero-order valence-corrected chi connectivity index (χ0v) is 28.2. The number of anilines is 2. The summed E-state index contributed by atoms with van der Waals surface area (Å²) in [5.74, 6) is -0.354. The second-order valence-electron chi connectivity index (χ2n) is 12.4. The van der Waals surface area contributed by atoms with E-state index in [2.05, 4.69) is 10.3 Å². The number of H-pyrrole nitrogens is 1. The third-order valence-electron chi connectivity index (χ3n) is 10.1. The smallest absolute Gasteiger partial charge is 0.305 e. The number of hydrogen-bond acceptors (Lipinski definition) is 9. The van der Waals surface area contributed by atoms with Crippen molar-refractivity contribution in [3.8, 4) is 17.2 Å². The van der Waals surface area contributed by atoms with E-state index in [1.807, 2.05) is 6.07 Å². The Balaban J connectivity index is 1.12. The molecule has 48 heavy (non-hydrogen) atoms. The lowest BCUT2D eigenvalue weighted by molar-refractivity contribution is -0.123. The molecule has 246 valence electrons. The largest absolute Gasteiger partial charge is 0.497 e. The van der Waals surface area contributed by atoms with Gasteiger partial charge in [0, 0.05) is 32.3 Å². The van der Waals surface area contributed by atoms with Crippen LogP contribution in [0.5, 0.6) is 17.2 Å². The Morgan fingerprint density at radius 3 is 2.29 bits per heavy atom. The van der Waals surface area contributed by atoms with Gasteiger partial charge in [0.15, 0.2) is 6.61 Å². The molecule has 4 aromatic rings. The fourth-order valence-electron chi connectivity index (χ4n) is 8.26. The molecule has 2 N–H and O–H groups in total. The van der Waals surface area contributed by atoms with Crippen LogP contribution in [0.4, 0.5) is 11.4 Å². The Bertz CT molecular complexity index is 2000. The van der Waals surface area contributed by atoms with Gasteiger partial charge in [0.05, 0.1) is 36.8 Å². The van der Waals surface area contributed by atoms with Crippen LogP contribution >= 0.6 is 34.7 Å². The lowest BCUT2D eigenvalue weighted by atomic mass is 9.68. The fourth-order valence-corrected chi connectivity index (χ4v) is 11.3. The van der Waals surface area contributed by atoms with Crippen molar-refractivity contribution in [1.29, 1.82) is 0 Å². The maximum absolute atomic E-state index is 14.1. The Labute approximate surface area is 288 Å². The van der Waals surface area contributed by atoms with Crippen LogP contribution in [-0.4, -0.2) is 48.8 Å². The van der Waals surface area contributed by atoms with Crippen LogP contribution < -0.4 is 29.3 Å². The maximum atomic E-state index is 14.1. The van der Waals surface area contributed by atoms with Crippen LogP contribution in [0.1, 0.15) is 22.8 Å². The van der Waals surface area contributed by atoms with E-state index in [9.17, 15) is 19.2 Å². The second-order valence-corrected chi connectivity index (χ2v) is 15.1. The SMILES string of the molecule is COc1ccc(NC(=O)COc2ccc(Cl)cc2[C@H]2c3sc(=O)[nH]c3SC3C4CC(C5C(=O)N(c6ccc(OC)cc6)C(=O)C45)C32)cc1. The quantitative estimate of drug-likeness (QED) is 0.221. The minimum Gasteiger partial charge on any atom is -0.497 e. The zero-order chi connectivity index (χ0) is 33.3. The summed E-state index contributed by atoms with van der Waals surface area (Å²) in [6.45, 7) is -0.257. The number of thiazole rings is 1. The minimum absolute atomic E-state index is 0.0169. The summed E-state index contributed by atoms with van der Waals surface area (Å²) in [5.41, 5.74) is 1.89. The first-order valence-corrected chi connectivity index (χ1v) is 17.6. The summed E-state index contributed by atoms with van der Waals surface area (Å²) >= 11 is 9.35. The first kappa shape index (κ1) is 31.0. The van der Waals surface area contributed by atoms with Crippen LogP contribution in [0.25, 0.3) is 0 Å². The molecule has 6 unspecified atom stereocenters. The zero-order valence-electron chi connectivity index (χ0n) is 25.8. The number of aromatic nitrogens is 1. The number of carbonyl (C=O) groups is 3. The number of benzene rings is 3. The minimum atomic E-state index is -0.468. The van der Waals surface area contributed by atoms with Gasteiger partial charge in [-0.1, -0.05) is 22.9 Å². The van der Waals surface area contributed by atoms with Gasteiger partial charge < -0.3 is 24.5 Å². The third kappa shape index (κ3) is 5.00. The standard InChI is InChI=1S/C35H30ClN3O7S2/c1-44-19-8-4-17(5-9-19)37-25(40)15-46-24-12-3-16(36)13-21(24)26-27-22-14-23(30(27)47-32-31(26)48-35(43)38-32)29-28(22)33(41)39(34(29)42)18-6-10-20(45-2)11-7-18/h3-13,22-23,26-30H,14-15H2,1-2H3,(H,37,40)(H,38,43)/t22?,23?,26-,27?,28?,29?,30?/m1/s1. The van der Waals surface area contributed by atoms with Crippen molar-refractivity contribution in [3.05, 3.63) is 91.9 Å². The molecule has 8 rings (SSSR count). The van der Waals surface area contributed by atoms with Crippen molar-refractivity contribution in [2.24, 2.45) is 29.6 Å². The number of nitrogens with zero attached hydrogens (tertiary/aromatic N) is 1. The Hall–Kier alpha value is -4.26. The number of thioether (sulfide) groups is 1. The molecular formula is C35H30ClN3O7S2. The number of rotatable bonds is 8. The molecule has 1 aromatic heterocycles. The lowest BCUT2D eigenvalue weighted by Gasteiger charge is -2.43. The van der Waals surface area contributed by atoms with Crippen molar-refractivity contribution >= 4 is 63.8 Å². The van der Waals surface area contributed by atoms with Gasteiger partial charge in [0.1, 0.15) is 17.2 Å². The second kappa shape index (κ2) is 12.0. The molecule has 2 saturated carbocycles.